The molecular formula is C116H84N4. The molecule has 0 fully saturated rings. The molecule has 28 rings (SSSR count). The SMILES string of the molecule is CC1(C)c2cc3c(cc2-c2ccc4cc5ccccc5cc4c21)[nH]c1cc2ccccc2cc13.CC1(C)c2cc3c(cc2-c2ccc4ccccc4c21)[nH]c1ccc2ccccc2c13.CC1(C)c2cc3ccccc3cc2-c2cc3[nH]c4cc5ccccc5cc4c3cc21.CC1(C)c2ccccc2-c2cc3[nH]c4c5ccccc5ccc4c3cc21. The maximum absolute atomic E-state index is 3.72. The zero-order valence-electron chi connectivity index (χ0n) is 68.3. The summed E-state index contributed by atoms with van der Waals surface area (Å²) >= 11 is 0. The van der Waals surface area contributed by atoms with Crippen molar-refractivity contribution in [2.24, 2.45) is 0 Å². The van der Waals surface area contributed by atoms with Crippen molar-refractivity contribution in [2.45, 2.75) is 77.0 Å². The summed E-state index contributed by atoms with van der Waals surface area (Å²) in [4.78, 5) is 14.8. The molecule has 24 aromatic rings. The fraction of sp³-hybridized carbons (Fsp3) is 0.103. The van der Waals surface area contributed by atoms with Crippen molar-refractivity contribution in [1.29, 1.82) is 0 Å². The molecule has 4 aliphatic rings. The lowest BCUT2D eigenvalue weighted by Gasteiger charge is -2.23. The fourth-order valence-corrected chi connectivity index (χ4v) is 22.5. The van der Waals surface area contributed by atoms with Crippen LogP contribution in [0.4, 0.5) is 0 Å². The zero-order chi connectivity index (χ0) is 80.1. The van der Waals surface area contributed by atoms with Gasteiger partial charge in [0.15, 0.2) is 0 Å². The molecule has 0 unspecified atom stereocenters. The summed E-state index contributed by atoms with van der Waals surface area (Å²) in [6.07, 6.45) is 0. The first-order valence-electron chi connectivity index (χ1n) is 42.5. The van der Waals surface area contributed by atoms with Gasteiger partial charge in [0.25, 0.3) is 0 Å². The molecule has 568 valence electrons. The first kappa shape index (κ1) is 68.9. The molecule has 0 aliphatic heterocycles. The van der Waals surface area contributed by atoms with Crippen LogP contribution in [0.1, 0.15) is 99.9 Å². The van der Waals surface area contributed by atoms with Gasteiger partial charge in [0, 0.05) is 109 Å². The molecule has 20 aromatic carbocycles. The molecule has 0 atom stereocenters. The van der Waals surface area contributed by atoms with Crippen molar-refractivity contribution >= 4 is 173 Å². The Labute approximate surface area is 694 Å². The van der Waals surface area contributed by atoms with Crippen LogP contribution in [-0.4, -0.2) is 19.9 Å². The van der Waals surface area contributed by atoms with Crippen LogP contribution < -0.4 is 0 Å². The summed E-state index contributed by atoms with van der Waals surface area (Å²) in [5.41, 5.74) is 32.1. The third-order valence-corrected chi connectivity index (χ3v) is 28.5. The molecule has 0 radical (unpaired) electrons. The third-order valence-electron chi connectivity index (χ3n) is 28.5. The highest BCUT2D eigenvalue weighted by Gasteiger charge is 2.41. The van der Waals surface area contributed by atoms with E-state index in [1.54, 1.807) is 0 Å². The van der Waals surface area contributed by atoms with Crippen LogP contribution in [0.2, 0.25) is 0 Å². The molecule has 4 N–H and O–H groups in total. The van der Waals surface area contributed by atoms with Gasteiger partial charge >= 0.3 is 0 Å². The lowest BCUT2D eigenvalue weighted by molar-refractivity contribution is 0.661. The Morgan fingerprint density at radius 1 is 0.158 bits per heavy atom. The van der Waals surface area contributed by atoms with Gasteiger partial charge in [-0.05, 0) is 273 Å². The monoisotopic (exact) mass is 1530 g/mol. The van der Waals surface area contributed by atoms with Gasteiger partial charge in [-0.2, -0.15) is 0 Å². The molecule has 4 heteroatoms. The fourth-order valence-electron chi connectivity index (χ4n) is 22.5. The summed E-state index contributed by atoms with van der Waals surface area (Å²) in [6, 6.07) is 126. The van der Waals surface area contributed by atoms with E-state index in [2.05, 4.69) is 415 Å². The second-order valence-electron chi connectivity index (χ2n) is 36.6. The molecule has 0 saturated heterocycles. The number of hydrogen-bond acceptors (Lipinski definition) is 0. The van der Waals surface area contributed by atoms with Gasteiger partial charge in [0.1, 0.15) is 0 Å². The summed E-state index contributed by atoms with van der Waals surface area (Å²) in [5.74, 6) is 0. The summed E-state index contributed by atoms with van der Waals surface area (Å²) < 4.78 is 0. The average molecular weight is 1530 g/mol. The van der Waals surface area contributed by atoms with E-state index in [0.717, 1.165) is 0 Å². The molecule has 4 aromatic heterocycles. The van der Waals surface area contributed by atoms with E-state index in [9.17, 15) is 0 Å². The number of aromatic amines is 4. The Bertz CT molecular complexity index is 8670. The molecule has 0 spiro atoms. The van der Waals surface area contributed by atoms with Crippen LogP contribution >= 0.6 is 0 Å². The second kappa shape index (κ2) is 24.6. The van der Waals surface area contributed by atoms with Crippen molar-refractivity contribution in [3.8, 4) is 44.5 Å². The normalized spacial score (nSPS) is 14.6. The van der Waals surface area contributed by atoms with Crippen molar-refractivity contribution in [2.75, 3.05) is 0 Å². The molecule has 4 aliphatic carbocycles. The van der Waals surface area contributed by atoms with Gasteiger partial charge in [0.2, 0.25) is 0 Å². The Morgan fingerprint density at radius 2 is 0.492 bits per heavy atom. The Balaban J connectivity index is 0.0000000890. The van der Waals surface area contributed by atoms with Gasteiger partial charge < -0.3 is 19.9 Å². The minimum Gasteiger partial charge on any atom is -0.354 e. The van der Waals surface area contributed by atoms with Crippen LogP contribution in [-0.2, 0) is 21.7 Å². The molecule has 0 saturated carbocycles. The van der Waals surface area contributed by atoms with E-state index in [0.29, 0.717) is 0 Å². The number of fused-ring (bicyclic) bond motifs is 36. The highest BCUT2D eigenvalue weighted by atomic mass is 14.7. The molecule has 0 bridgehead atoms. The number of nitrogens with one attached hydrogen (secondary N) is 4. The topological polar surface area (TPSA) is 63.2 Å². The highest BCUT2D eigenvalue weighted by Crippen LogP contribution is 2.58. The lowest BCUT2D eigenvalue weighted by Crippen LogP contribution is -2.15. The van der Waals surface area contributed by atoms with E-state index >= 15 is 0 Å². The number of aromatic nitrogens is 4. The van der Waals surface area contributed by atoms with E-state index in [4.69, 9.17) is 0 Å². The summed E-state index contributed by atoms with van der Waals surface area (Å²) in [7, 11) is 0. The predicted octanol–water partition coefficient (Wildman–Crippen LogP) is 31.7. The molecule has 0 amide bonds. The van der Waals surface area contributed by atoms with E-state index in [1.807, 2.05) is 0 Å². The molecule has 120 heavy (non-hydrogen) atoms. The van der Waals surface area contributed by atoms with Crippen molar-refractivity contribution in [3.63, 3.8) is 0 Å². The average Bonchev–Trinajstić information content (AvgIpc) is 1.55. The Morgan fingerprint density at radius 3 is 1.07 bits per heavy atom. The van der Waals surface area contributed by atoms with Gasteiger partial charge in [0.05, 0.1) is 5.52 Å². The van der Waals surface area contributed by atoms with Crippen LogP contribution in [0.5, 0.6) is 0 Å². The van der Waals surface area contributed by atoms with Crippen LogP contribution in [0.3, 0.4) is 0 Å². The summed E-state index contributed by atoms with van der Waals surface area (Å²) in [6.45, 7) is 18.9. The van der Waals surface area contributed by atoms with Gasteiger partial charge in [-0.15, -0.1) is 0 Å². The largest absolute Gasteiger partial charge is 0.354 e. The van der Waals surface area contributed by atoms with Crippen molar-refractivity contribution in [3.05, 3.63) is 384 Å². The maximum atomic E-state index is 3.72. The quantitative estimate of drug-likeness (QED) is 0.109. The van der Waals surface area contributed by atoms with Crippen LogP contribution in [0.25, 0.3) is 218 Å². The molecular weight excluding hydrogens is 1450 g/mol. The number of H-pyrrole nitrogens is 4. The van der Waals surface area contributed by atoms with E-state index in [-0.39, 0.29) is 21.7 Å². The van der Waals surface area contributed by atoms with E-state index < -0.39 is 0 Å². The minimum atomic E-state index is -0.0682. The number of benzene rings is 20. The predicted molar refractivity (Wildman–Crippen MR) is 514 cm³/mol. The minimum absolute atomic E-state index is 0.0106. The Hall–Kier alpha value is -14.3. The van der Waals surface area contributed by atoms with Crippen molar-refractivity contribution < 1.29 is 0 Å². The number of hydrogen-bond donors (Lipinski definition) is 4. The molecule has 4 heterocycles. The highest BCUT2D eigenvalue weighted by molar-refractivity contribution is 6.23. The smallest absolute Gasteiger partial charge is 0.0544 e. The van der Waals surface area contributed by atoms with Gasteiger partial charge in [-0.1, -0.05) is 292 Å². The second-order valence-corrected chi connectivity index (χ2v) is 36.6. The zero-order valence-corrected chi connectivity index (χ0v) is 68.3. The maximum Gasteiger partial charge on any atom is 0.0544 e. The first-order valence-corrected chi connectivity index (χ1v) is 42.5. The molecule has 4 nitrogen and oxygen atoms in total. The van der Waals surface area contributed by atoms with Gasteiger partial charge in [-0.25, -0.2) is 0 Å². The standard InChI is InChI=1S/C33H23N.2C29H21N.C25H19N/c1-33(2)29-17-28-27-15-21-9-5-6-10-22(21)16-30(27)34-31(28)18-26(29)24-12-11-23-13-19-7-3-4-8-20(19)14-25(23)32(24)33;1-29(2)25-13-19-9-5-3-7-17(19)11-21(25)22-16-28-24(15-26(22)29)23-12-18-8-4-6-10-20(18)14-27(23)30-28;1-29(2)24-15-23-26(30-25-14-12-17-7-3-5-9-19(17)27(23)25)16-22(24)21-13-11-18-8-4-6-10-20(18)28(21)29;1-25(2)21-10-6-5-9-17(21)19-14-23-20(13-22(19)25)18-12-11-15-7-3-4-8-16(15)24(18)26-23/h3-18,34H,1-2H3;2*3-16,30H,1-2H3;3-14,26H,1-2H3. The lowest BCUT2D eigenvalue weighted by atomic mass is 9.79. The van der Waals surface area contributed by atoms with E-state index in [1.165, 1.54) is 262 Å². The number of rotatable bonds is 0. The Kier molecular flexibility index (Phi) is 14.1. The van der Waals surface area contributed by atoms with Gasteiger partial charge in [-0.3, -0.25) is 0 Å². The van der Waals surface area contributed by atoms with Crippen LogP contribution in [0, 0.1) is 0 Å². The third kappa shape index (κ3) is 9.82. The van der Waals surface area contributed by atoms with Crippen molar-refractivity contribution in [1.82, 2.24) is 19.9 Å². The first-order chi connectivity index (χ1) is 58.4. The summed E-state index contributed by atoms with van der Waals surface area (Å²) in [5, 5.41) is 31.5. The van der Waals surface area contributed by atoms with Crippen LogP contribution in [0.15, 0.2) is 340 Å².